The maximum Gasteiger partial charge on any atom is 0.323 e. The Labute approximate surface area is 228 Å². The van der Waals surface area contributed by atoms with Crippen LogP contribution in [0.15, 0.2) is 30.3 Å². The number of rotatable bonds is 15. The third-order valence-electron chi connectivity index (χ3n) is 6.90. The Bertz CT molecular complexity index is 998. The van der Waals surface area contributed by atoms with Gasteiger partial charge in [0.1, 0.15) is 17.6 Å². The zero-order chi connectivity index (χ0) is 29.0. The normalized spacial score (nSPS) is 16.9. The highest BCUT2D eigenvalue weighted by molar-refractivity contribution is 5.93. The molecule has 2 rings (SSSR count). The lowest BCUT2D eigenvalue weighted by Gasteiger charge is -2.38. The number of nitrogens with two attached hydrogens (primary N) is 4. The summed E-state index contributed by atoms with van der Waals surface area (Å²) in [5, 5.41) is 14.7. The minimum Gasteiger partial charge on any atom is -0.480 e. The Kier molecular flexibility index (Phi) is 12.3. The second-order valence-corrected chi connectivity index (χ2v) is 9.99. The molecule has 3 atom stereocenters. The van der Waals surface area contributed by atoms with Crippen LogP contribution in [-0.4, -0.2) is 82.9 Å². The van der Waals surface area contributed by atoms with E-state index in [1.165, 1.54) is 4.90 Å². The molecule has 216 valence electrons. The number of carbonyl (C=O) groups excluding carboxylic acids is 4. The van der Waals surface area contributed by atoms with Gasteiger partial charge in [-0.3, -0.25) is 24.0 Å². The molecule has 1 aromatic rings. The molecule has 1 saturated heterocycles. The van der Waals surface area contributed by atoms with E-state index in [9.17, 15) is 29.1 Å². The Morgan fingerprint density at radius 3 is 2.13 bits per heavy atom. The molecule has 0 unspecified atom stereocenters. The fourth-order valence-electron chi connectivity index (χ4n) is 4.38. The SMILES string of the molecule is NCCCC[C@@H](NC(=O)[C@@H](CCC(N)=O)NC(=O)[C@H](N)Cc1ccccc1)C(=O)N1CCC(N)(C(=O)O)CC1. The molecule has 1 aromatic carbocycles. The van der Waals surface area contributed by atoms with Crippen LogP contribution in [0.3, 0.4) is 0 Å². The second-order valence-electron chi connectivity index (χ2n) is 9.99. The number of hydrogen-bond acceptors (Lipinski definition) is 8. The molecule has 1 aliphatic rings. The first-order chi connectivity index (χ1) is 18.5. The summed E-state index contributed by atoms with van der Waals surface area (Å²) >= 11 is 0. The Balaban J connectivity index is 2.11. The molecule has 0 aromatic heterocycles. The molecule has 13 heteroatoms. The van der Waals surface area contributed by atoms with Gasteiger partial charge in [0, 0.05) is 19.5 Å². The molecule has 0 spiro atoms. The van der Waals surface area contributed by atoms with Gasteiger partial charge in [-0.1, -0.05) is 30.3 Å². The Hall–Kier alpha value is -3.55. The molecular weight excluding hydrogens is 506 g/mol. The van der Waals surface area contributed by atoms with Crippen molar-refractivity contribution < 1.29 is 29.1 Å². The number of unbranched alkanes of at least 4 members (excludes halogenated alkanes) is 1. The van der Waals surface area contributed by atoms with Crippen molar-refractivity contribution in [3.63, 3.8) is 0 Å². The van der Waals surface area contributed by atoms with Crippen molar-refractivity contribution in [2.45, 2.75) is 75.0 Å². The topological polar surface area (TPSA) is 237 Å². The summed E-state index contributed by atoms with van der Waals surface area (Å²) in [6, 6.07) is 6.10. The molecule has 0 aliphatic carbocycles. The number of likely N-dealkylation sites (tertiary alicyclic amines) is 1. The van der Waals surface area contributed by atoms with Crippen molar-refractivity contribution in [3.05, 3.63) is 35.9 Å². The van der Waals surface area contributed by atoms with E-state index >= 15 is 0 Å². The van der Waals surface area contributed by atoms with Crippen molar-refractivity contribution in [2.75, 3.05) is 19.6 Å². The molecule has 13 nitrogen and oxygen atoms in total. The third kappa shape index (κ3) is 9.93. The fourth-order valence-corrected chi connectivity index (χ4v) is 4.38. The van der Waals surface area contributed by atoms with Crippen molar-refractivity contribution in [2.24, 2.45) is 22.9 Å². The number of nitrogens with one attached hydrogen (secondary N) is 2. The van der Waals surface area contributed by atoms with Crippen LogP contribution in [0, 0.1) is 0 Å². The van der Waals surface area contributed by atoms with Crippen LogP contribution in [0.1, 0.15) is 50.5 Å². The van der Waals surface area contributed by atoms with Crippen LogP contribution in [0.2, 0.25) is 0 Å². The minimum atomic E-state index is -1.41. The van der Waals surface area contributed by atoms with Crippen LogP contribution in [0.4, 0.5) is 0 Å². The van der Waals surface area contributed by atoms with E-state index in [1.807, 2.05) is 30.3 Å². The third-order valence-corrected chi connectivity index (χ3v) is 6.90. The standard InChI is InChI=1S/C26H41N7O6/c27-13-5-4-8-20(24(37)33-14-11-26(30,12-15-33)25(38)39)32-23(36)19(9-10-21(29)34)31-22(35)18(28)16-17-6-2-1-3-7-17/h1-3,6-7,18-20H,4-5,8-16,27-28,30H2,(H2,29,34)(H,31,35)(H,32,36)(H,38,39)/t18-,19-,20-/m1/s1. The van der Waals surface area contributed by atoms with Gasteiger partial charge in [0.05, 0.1) is 6.04 Å². The van der Waals surface area contributed by atoms with Crippen LogP contribution >= 0.6 is 0 Å². The highest BCUT2D eigenvalue weighted by Crippen LogP contribution is 2.21. The predicted octanol–water partition coefficient (Wildman–Crippen LogP) is -1.67. The van der Waals surface area contributed by atoms with E-state index in [-0.39, 0.29) is 57.5 Å². The van der Waals surface area contributed by atoms with Crippen molar-refractivity contribution in [1.82, 2.24) is 15.5 Å². The average Bonchev–Trinajstić information content (AvgIpc) is 2.90. The van der Waals surface area contributed by atoms with E-state index in [0.29, 0.717) is 19.4 Å². The van der Waals surface area contributed by atoms with Crippen LogP contribution in [-0.2, 0) is 30.4 Å². The maximum atomic E-state index is 13.3. The number of amides is 4. The van der Waals surface area contributed by atoms with E-state index in [1.54, 1.807) is 0 Å². The van der Waals surface area contributed by atoms with Crippen molar-refractivity contribution >= 4 is 29.6 Å². The van der Waals surface area contributed by atoms with Gasteiger partial charge in [0.25, 0.3) is 0 Å². The molecule has 1 fully saturated rings. The number of aliphatic carboxylic acids is 1. The summed E-state index contributed by atoms with van der Waals surface area (Å²) < 4.78 is 0. The fraction of sp³-hybridized carbons (Fsp3) is 0.577. The monoisotopic (exact) mass is 547 g/mol. The summed E-state index contributed by atoms with van der Waals surface area (Å²) in [6.45, 7) is 0.658. The molecule has 0 saturated carbocycles. The van der Waals surface area contributed by atoms with E-state index in [2.05, 4.69) is 10.6 Å². The summed E-state index contributed by atoms with van der Waals surface area (Å²) in [4.78, 5) is 63.8. The number of carbonyl (C=O) groups is 5. The highest BCUT2D eigenvalue weighted by atomic mass is 16.4. The largest absolute Gasteiger partial charge is 0.480 e. The predicted molar refractivity (Wildman–Crippen MR) is 144 cm³/mol. The van der Waals surface area contributed by atoms with E-state index < -0.39 is 47.4 Å². The minimum absolute atomic E-state index is 0.0767. The zero-order valence-electron chi connectivity index (χ0n) is 22.1. The first-order valence-corrected chi connectivity index (χ1v) is 13.2. The number of hydrogen-bond donors (Lipinski definition) is 7. The number of piperidine rings is 1. The van der Waals surface area contributed by atoms with Crippen molar-refractivity contribution in [3.8, 4) is 0 Å². The van der Waals surface area contributed by atoms with Gasteiger partial charge in [-0.2, -0.15) is 0 Å². The number of carboxylic acid groups (broad SMARTS) is 1. The number of nitrogens with zero attached hydrogens (tertiary/aromatic N) is 1. The molecule has 11 N–H and O–H groups in total. The maximum absolute atomic E-state index is 13.3. The van der Waals surface area contributed by atoms with Gasteiger partial charge in [-0.05, 0) is 57.1 Å². The van der Waals surface area contributed by atoms with Gasteiger partial charge in [-0.15, -0.1) is 0 Å². The smallest absolute Gasteiger partial charge is 0.323 e. The quantitative estimate of drug-likeness (QED) is 0.124. The van der Waals surface area contributed by atoms with E-state index in [0.717, 1.165) is 5.56 Å². The first-order valence-electron chi connectivity index (χ1n) is 13.2. The van der Waals surface area contributed by atoms with Crippen LogP contribution in [0.5, 0.6) is 0 Å². The van der Waals surface area contributed by atoms with Crippen LogP contribution in [0.25, 0.3) is 0 Å². The lowest BCUT2D eigenvalue weighted by Crippen LogP contribution is -2.60. The zero-order valence-corrected chi connectivity index (χ0v) is 22.1. The summed E-state index contributed by atoms with van der Waals surface area (Å²) in [5.74, 6) is -3.39. The van der Waals surface area contributed by atoms with E-state index in [4.69, 9.17) is 22.9 Å². The first kappa shape index (κ1) is 31.7. The van der Waals surface area contributed by atoms with Gasteiger partial charge < -0.3 is 43.6 Å². The average molecular weight is 548 g/mol. The number of benzene rings is 1. The van der Waals surface area contributed by atoms with Gasteiger partial charge in [0.2, 0.25) is 23.6 Å². The summed E-state index contributed by atoms with van der Waals surface area (Å²) in [6.07, 6.45) is 1.62. The van der Waals surface area contributed by atoms with Crippen molar-refractivity contribution in [1.29, 1.82) is 0 Å². The van der Waals surface area contributed by atoms with Gasteiger partial charge in [0.15, 0.2) is 0 Å². The molecule has 1 aliphatic heterocycles. The lowest BCUT2D eigenvalue weighted by molar-refractivity contribution is -0.148. The molecule has 1 heterocycles. The lowest BCUT2D eigenvalue weighted by atomic mass is 9.88. The summed E-state index contributed by atoms with van der Waals surface area (Å²) in [7, 11) is 0. The number of carboxylic acids is 1. The molecule has 0 radical (unpaired) electrons. The van der Waals surface area contributed by atoms with Gasteiger partial charge in [-0.25, -0.2) is 0 Å². The molecule has 39 heavy (non-hydrogen) atoms. The highest BCUT2D eigenvalue weighted by Gasteiger charge is 2.40. The molecule has 4 amide bonds. The number of primary amides is 1. The van der Waals surface area contributed by atoms with Gasteiger partial charge >= 0.3 is 5.97 Å². The Morgan fingerprint density at radius 2 is 1.56 bits per heavy atom. The Morgan fingerprint density at radius 1 is 0.949 bits per heavy atom. The van der Waals surface area contributed by atoms with Crippen LogP contribution < -0.4 is 33.6 Å². The second kappa shape index (κ2) is 15.1. The molecule has 0 bridgehead atoms. The molecular formula is C26H41N7O6. The summed E-state index contributed by atoms with van der Waals surface area (Å²) in [5.41, 5.74) is 22.3.